The first-order valence-electron chi connectivity index (χ1n) is 5.94. The first-order chi connectivity index (χ1) is 7.87. The molecule has 0 radical (unpaired) electrons. The predicted molar refractivity (Wildman–Crippen MR) is 60.7 cm³/mol. The molecule has 102 valence electrons. The number of hydrogen-bond donors (Lipinski definition) is 2. The second-order valence-electron chi connectivity index (χ2n) is 4.04. The van der Waals surface area contributed by atoms with Crippen LogP contribution in [0.5, 0.6) is 0 Å². The van der Waals surface area contributed by atoms with E-state index in [2.05, 4.69) is 17.6 Å². The zero-order valence-corrected chi connectivity index (χ0v) is 10.4. The summed E-state index contributed by atoms with van der Waals surface area (Å²) >= 11 is 0. The molecule has 0 saturated heterocycles. The van der Waals surface area contributed by atoms with Crippen LogP contribution in [0.3, 0.4) is 0 Å². The summed E-state index contributed by atoms with van der Waals surface area (Å²) in [5.41, 5.74) is 0. The van der Waals surface area contributed by atoms with Crippen molar-refractivity contribution in [3.63, 3.8) is 0 Å². The average Bonchev–Trinajstić information content (AvgIpc) is 2.22. The molecule has 17 heavy (non-hydrogen) atoms. The summed E-state index contributed by atoms with van der Waals surface area (Å²) in [7, 11) is 0. The highest BCUT2D eigenvalue weighted by molar-refractivity contribution is 5.81. The quantitative estimate of drug-likeness (QED) is 0.652. The molecule has 1 unspecified atom stereocenters. The van der Waals surface area contributed by atoms with E-state index in [9.17, 15) is 18.0 Å². The van der Waals surface area contributed by atoms with Crippen molar-refractivity contribution < 1.29 is 18.0 Å². The van der Waals surface area contributed by atoms with Crippen molar-refractivity contribution in [3.05, 3.63) is 0 Å². The summed E-state index contributed by atoms with van der Waals surface area (Å²) < 4.78 is 35.6. The summed E-state index contributed by atoms with van der Waals surface area (Å²) in [6, 6.07) is -0.584. The lowest BCUT2D eigenvalue weighted by molar-refractivity contribution is -0.135. The van der Waals surface area contributed by atoms with Crippen LogP contribution < -0.4 is 10.6 Å². The summed E-state index contributed by atoms with van der Waals surface area (Å²) in [5.74, 6) is -0.247. The molecule has 0 aromatic rings. The van der Waals surface area contributed by atoms with Crippen LogP contribution in [0.25, 0.3) is 0 Å². The zero-order chi connectivity index (χ0) is 13.3. The lowest BCUT2D eigenvalue weighted by Gasteiger charge is -2.14. The molecular formula is C11H21F3N2O. The third-order valence-electron chi connectivity index (χ3n) is 2.33. The van der Waals surface area contributed by atoms with Gasteiger partial charge < -0.3 is 10.6 Å². The number of carbonyl (C=O) groups excluding carboxylic acids is 1. The molecule has 3 nitrogen and oxygen atoms in total. The number of alkyl halides is 3. The first kappa shape index (κ1) is 16.2. The van der Waals surface area contributed by atoms with Gasteiger partial charge in [-0.2, -0.15) is 13.2 Å². The predicted octanol–water partition coefficient (Wildman–Crippen LogP) is 2.22. The number of rotatable bonds is 8. The van der Waals surface area contributed by atoms with Gasteiger partial charge in [0, 0.05) is 13.1 Å². The van der Waals surface area contributed by atoms with Crippen LogP contribution in [-0.2, 0) is 4.79 Å². The first-order valence-corrected chi connectivity index (χ1v) is 5.94. The van der Waals surface area contributed by atoms with Gasteiger partial charge in [0.1, 0.15) is 0 Å². The Morgan fingerprint density at radius 2 is 1.88 bits per heavy atom. The molecule has 0 aliphatic rings. The Labute approximate surface area is 100 Å². The van der Waals surface area contributed by atoms with Gasteiger partial charge in [0.25, 0.3) is 0 Å². The average molecular weight is 254 g/mol. The summed E-state index contributed by atoms with van der Waals surface area (Å²) in [4.78, 5) is 11.4. The fraction of sp³-hybridized carbons (Fsp3) is 0.909. The Morgan fingerprint density at radius 1 is 1.24 bits per heavy atom. The van der Waals surface area contributed by atoms with Crippen molar-refractivity contribution in [3.8, 4) is 0 Å². The molecule has 0 aliphatic heterocycles. The smallest absolute Gasteiger partial charge is 0.355 e. The molecular weight excluding hydrogens is 233 g/mol. The van der Waals surface area contributed by atoms with Gasteiger partial charge >= 0.3 is 6.18 Å². The molecule has 1 atom stereocenters. The summed E-state index contributed by atoms with van der Waals surface area (Å²) in [5, 5.41) is 5.23. The van der Waals surface area contributed by atoms with Crippen LogP contribution in [0.1, 0.15) is 39.5 Å². The SMILES string of the molecule is CCCCCNC(=O)C(C)NCCC(F)(F)F. The molecule has 1 amide bonds. The van der Waals surface area contributed by atoms with Crippen molar-refractivity contribution in [1.29, 1.82) is 0 Å². The molecule has 0 aromatic carbocycles. The fourth-order valence-corrected chi connectivity index (χ4v) is 1.26. The Kier molecular flexibility index (Phi) is 7.95. The minimum absolute atomic E-state index is 0.229. The minimum Gasteiger partial charge on any atom is -0.355 e. The van der Waals surface area contributed by atoms with Gasteiger partial charge in [-0.25, -0.2) is 0 Å². The number of halogens is 3. The molecule has 0 heterocycles. The van der Waals surface area contributed by atoms with Gasteiger partial charge in [-0.3, -0.25) is 4.79 Å². The number of amides is 1. The highest BCUT2D eigenvalue weighted by atomic mass is 19.4. The van der Waals surface area contributed by atoms with E-state index < -0.39 is 18.6 Å². The third kappa shape index (κ3) is 10.1. The minimum atomic E-state index is -4.18. The normalized spacial score (nSPS) is 13.5. The fourth-order valence-electron chi connectivity index (χ4n) is 1.26. The van der Waals surface area contributed by atoms with E-state index in [-0.39, 0.29) is 12.5 Å². The summed E-state index contributed by atoms with van der Waals surface area (Å²) in [6.45, 7) is 3.97. The van der Waals surface area contributed by atoms with Crippen LogP contribution >= 0.6 is 0 Å². The van der Waals surface area contributed by atoms with Gasteiger partial charge in [0.05, 0.1) is 12.5 Å². The molecule has 0 spiro atoms. The van der Waals surface area contributed by atoms with Crippen LogP contribution in [0.15, 0.2) is 0 Å². The van der Waals surface area contributed by atoms with E-state index in [0.717, 1.165) is 19.3 Å². The maximum absolute atomic E-state index is 11.9. The van der Waals surface area contributed by atoms with Crippen LogP contribution in [-0.4, -0.2) is 31.2 Å². The van der Waals surface area contributed by atoms with Gasteiger partial charge in [-0.1, -0.05) is 19.8 Å². The van der Waals surface area contributed by atoms with Gasteiger partial charge in [0.2, 0.25) is 5.91 Å². The van der Waals surface area contributed by atoms with E-state index in [1.54, 1.807) is 6.92 Å². The van der Waals surface area contributed by atoms with E-state index in [1.165, 1.54) is 0 Å². The van der Waals surface area contributed by atoms with Crippen molar-refractivity contribution in [2.75, 3.05) is 13.1 Å². The second-order valence-corrected chi connectivity index (χ2v) is 4.04. The Hall–Kier alpha value is -0.780. The van der Waals surface area contributed by atoms with Crippen LogP contribution in [0, 0.1) is 0 Å². The number of unbranched alkanes of at least 4 members (excludes halogenated alkanes) is 2. The Bertz CT molecular complexity index is 219. The molecule has 0 rings (SSSR count). The largest absolute Gasteiger partial charge is 0.390 e. The molecule has 0 saturated carbocycles. The molecule has 0 bridgehead atoms. The van der Waals surface area contributed by atoms with E-state index in [1.807, 2.05) is 0 Å². The standard InChI is InChI=1S/C11H21F3N2O/c1-3-4-5-7-16-10(17)9(2)15-8-6-11(12,13)14/h9,15H,3-8H2,1-2H3,(H,16,17). The molecule has 6 heteroatoms. The third-order valence-corrected chi connectivity index (χ3v) is 2.33. The van der Waals surface area contributed by atoms with E-state index in [4.69, 9.17) is 0 Å². The lowest BCUT2D eigenvalue weighted by Crippen LogP contribution is -2.43. The zero-order valence-electron chi connectivity index (χ0n) is 10.4. The van der Waals surface area contributed by atoms with Crippen LogP contribution in [0.2, 0.25) is 0 Å². The Morgan fingerprint density at radius 3 is 2.41 bits per heavy atom. The summed E-state index contributed by atoms with van der Waals surface area (Å²) in [6.07, 6.45) is -2.09. The van der Waals surface area contributed by atoms with Crippen molar-refractivity contribution in [1.82, 2.24) is 10.6 Å². The topological polar surface area (TPSA) is 41.1 Å². The van der Waals surface area contributed by atoms with Crippen LogP contribution in [0.4, 0.5) is 13.2 Å². The highest BCUT2D eigenvalue weighted by Crippen LogP contribution is 2.18. The second kappa shape index (κ2) is 8.33. The maximum Gasteiger partial charge on any atom is 0.390 e. The van der Waals surface area contributed by atoms with E-state index >= 15 is 0 Å². The lowest BCUT2D eigenvalue weighted by atomic mass is 10.2. The van der Waals surface area contributed by atoms with Crippen molar-refractivity contribution in [2.45, 2.75) is 51.7 Å². The monoisotopic (exact) mass is 254 g/mol. The van der Waals surface area contributed by atoms with Gasteiger partial charge in [-0.15, -0.1) is 0 Å². The molecule has 0 aliphatic carbocycles. The van der Waals surface area contributed by atoms with Crippen molar-refractivity contribution >= 4 is 5.91 Å². The molecule has 0 fully saturated rings. The molecule has 0 aromatic heterocycles. The number of nitrogens with one attached hydrogen (secondary N) is 2. The van der Waals surface area contributed by atoms with Gasteiger partial charge in [0.15, 0.2) is 0 Å². The highest BCUT2D eigenvalue weighted by Gasteiger charge is 2.26. The molecule has 2 N–H and O–H groups in total. The van der Waals surface area contributed by atoms with Gasteiger partial charge in [-0.05, 0) is 13.3 Å². The van der Waals surface area contributed by atoms with Crippen molar-refractivity contribution in [2.24, 2.45) is 0 Å². The van der Waals surface area contributed by atoms with E-state index in [0.29, 0.717) is 6.54 Å². The maximum atomic E-state index is 11.9. The number of hydrogen-bond acceptors (Lipinski definition) is 2. The Balaban J connectivity index is 3.60. The number of carbonyl (C=O) groups is 1.